The van der Waals surface area contributed by atoms with Crippen LogP contribution in [0.15, 0.2) is 41.5 Å². The Hall–Kier alpha value is -1.48. The fourth-order valence-corrected chi connectivity index (χ4v) is 1.84. The largest absolute Gasteiger partial charge is 0.472 e. The summed E-state index contributed by atoms with van der Waals surface area (Å²) in [6.07, 6.45) is 7.01. The third-order valence-corrected chi connectivity index (χ3v) is 2.73. The van der Waals surface area contributed by atoms with Crippen LogP contribution in [0.3, 0.4) is 0 Å². The molecular weight excluding hydrogens is 224 g/mol. The van der Waals surface area contributed by atoms with Gasteiger partial charge < -0.3 is 9.32 Å². The molecule has 2 aromatic rings. The van der Waals surface area contributed by atoms with Crippen molar-refractivity contribution >= 4 is 17.3 Å². The molecular formula is C12H13ClN2O. The molecule has 0 aliphatic heterocycles. The lowest BCUT2D eigenvalue weighted by atomic mass is 10.2. The van der Waals surface area contributed by atoms with Gasteiger partial charge in [0, 0.05) is 31.2 Å². The van der Waals surface area contributed by atoms with Gasteiger partial charge in [-0.3, -0.25) is 4.98 Å². The number of hydrogen-bond donors (Lipinski definition) is 0. The molecule has 4 heteroatoms. The van der Waals surface area contributed by atoms with Crippen molar-refractivity contribution in [2.24, 2.45) is 0 Å². The predicted octanol–water partition coefficient (Wildman–Crippen LogP) is 3.05. The molecule has 84 valence electrons. The SMILES string of the molecule is CN(Cc1ccoc1)c1cnccc1CCl. The summed E-state index contributed by atoms with van der Waals surface area (Å²) in [6.45, 7) is 0.784. The molecule has 2 heterocycles. The number of rotatable bonds is 4. The molecule has 0 N–H and O–H groups in total. The highest BCUT2D eigenvalue weighted by Crippen LogP contribution is 2.21. The maximum absolute atomic E-state index is 5.89. The Balaban J connectivity index is 2.17. The summed E-state index contributed by atoms with van der Waals surface area (Å²) < 4.78 is 5.04. The second-order valence-electron chi connectivity index (χ2n) is 3.63. The van der Waals surface area contributed by atoms with Crippen LogP contribution in [-0.2, 0) is 12.4 Å². The van der Waals surface area contributed by atoms with Crippen LogP contribution in [0.4, 0.5) is 5.69 Å². The van der Waals surface area contributed by atoms with Gasteiger partial charge >= 0.3 is 0 Å². The number of anilines is 1. The smallest absolute Gasteiger partial charge is 0.0952 e. The van der Waals surface area contributed by atoms with E-state index in [2.05, 4.69) is 9.88 Å². The van der Waals surface area contributed by atoms with Gasteiger partial charge in [-0.15, -0.1) is 11.6 Å². The Morgan fingerprint density at radius 1 is 1.44 bits per heavy atom. The van der Waals surface area contributed by atoms with Crippen LogP contribution in [0.2, 0.25) is 0 Å². The van der Waals surface area contributed by atoms with E-state index in [-0.39, 0.29) is 0 Å². The molecule has 0 aromatic carbocycles. The molecule has 0 unspecified atom stereocenters. The Labute approximate surface area is 99.7 Å². The van der Waals surface area contributed by atoms with Crippen LogP contribution in [-0.4, -0.2) is 12.0 Å². The Kier molecular flexibility index (Phi) is 3.47. The fourth-order valence-electron chi connectivity index (χ4n) is 1.61. The maximum atomic E-state index is 5.89. The summed E-state index contributed by atoms with van der Waals surface area (Å²) in [5.41, 5.74) is 3.27. The quantitative estimate of drug-likeness (QED) is 0.765. The summed E-state index contributed by atoms with van der Waals surface area (Å²) in [6, 6.07) is 3.89. The summed E-state index contributed by atoms with van der Waals surface area (Å²) >= 11 is 5.89. The minimum atomic E-state index is 0.494. The van der Waals surface area contributed by atoms with Gasteiger partial charge in [-0.2, -0.15) is 0 Å². The van der Waals surface area contributed by atoms with Crippen molar-refractivity contribution in [2.45, 2.75) is 12.4 Å². The van der Waals surface area contributed by atoms with E-state index >= 15 is 0 Å². The van der Waals surface area contributed by atoms with Crippen LogP contribution < -0.4 is 4.90 Å². The van der Waals surface area contributed by atoms with Gasteiger partial charge in [0.2, 0.25) is 0 Å². The molecule has 0 aliphatic rings. The van der Waals surface area contributed by atoms with E-state index in [4.69, 9.17) is 16.0 Å². The first-order valence-electron chi connectivity index (χ1n) is 5.02. The average molecular weight is 237 g/mol. The van der Waals surface area contributed by atoms with Crippen molar-refractivity contribution in [2.75, 3.05) is 11.9 Å². The molecule has 0 saturated heterocycles. The highest BCUT2D eigenvalue weighted by Gasteiger charge is 2.07. The first-order valence-corrected chi connectivity index (χ1v) is 5.56. The zero-order valence-electron chi connectivity index (χ0n) is 9.06. The Bertz CT molecular complexity index is 442. The molecule has 2 rings (SSSR count). The maximum Gasteiger partial charge on any atom is 0.0952 e. The average Bonchev–Trinajstić information content (AvgIpc) is 2.81. The fraction of sp³-hybridized carbons (Fsp3) is 0.250. The lowest BCUT2D eigenvalue weighted by Crippen LogP contribution is -2.17. The van der Waals surface area contributed by atoms with Gasteiger partial charge in [-0.05, 0) is 17.7 Å². The summed E-state index contributed by atoms with van der Waals surface area (Å²) in [4.78, 5) is 6.23. The second kappa shape index (κ2) is 5.03. The van der Waals surface area contributed by atoms with Crippen LogP contribution in [0.5, 0.6) is 0 Å². The molecule has 16 heavy (non-hydrogen) atoms. The normalized spacial score (nSPS) is 10.4. The minimum absolute atomic E-state index is 0.494. The number of pyridine rings is 1. The molecule has 0 aliphatic carbocycles. The number of aromatic nitrogens is 1. The van der Waals surface area contributed by atoms with Crippen molar-refractivity contribution in [1.29, 1.82) is 0 Å². The summed E-state index contributed by atoms with van der Waals surface area (Å²) in [5, 5.41) is 0. The van der Waals surface area contributed by atoms with Crippen molar-refractivity contribution in [3.05, 3.63) is 48.2 Å². The monoisotopic (exact) mass is 236 g/mol. The van der Waals surface area contributed by atoms with E-state index in [1.807, 2.05) is 25.4 Å². The third kappa shape index (κ3) is 2.36. The van der Waals surface area contributed by atoms with Gasteiger partial charge in [0.25, 0.3) is 0 Å². The number of hydrogen-bond acceptors (Lipinski definition) is 3. The van der Waals surface area contributed by atoms with Crippen LogP contribution in [0.25, 0.3) is 0 Å². The van der Waals surface area contributed by atoms with Crippen LogP contribution >= 0.6 is 11.6 Å². The van der Waals surface area contributed by atoms with Crippen molar-refractivity contribution < 1.29 is 4.42 Å². The molecule has 3 nitrogen and oxygen atoms in total. The topological polar surface area (TPSA) is 29.3 Å². The summed E-state index contributed by atoms with van der Waals surface area (Å²) in [7, 11) is 2.01. The highest BCUT2D eigenvalue weighted by atomic mass is 35.5. The van der Waals surface area contributed by atoms with Gasteiger partial charge in [0.15, 0.2) is 0 Å². The van der Waals surface area contributed by atoms with Crippen molar-refractivity contribution in [3.8, 4) is 0 Å². The van der Waals surface area contributed by atoms with E-state index in [1.165, 1.54) is 0 Å². The van der Waals surface area contributed by atoms with Crippen LogP contribution in [0.1, 0.15) is 11.1 Å². The molecule has 0 spiro atoms. The molecule has 0 saturated carbocycles. The molecule has 2 aromatic heterocycles. The number of alkyl halides is 1. The zero-order chi connectivity index (χ0) is 11.4. The number of nitrogens with zero attached hydrogens (tertiary/aromatic N) is 2. The third-order valence-electron chi connectivity index (χ3n) is 2.44. The Morgan fingerprint density at radius 3 is 3.00 bits per heavy atom. The van der Waals surface area contributed by atoms with Gasteiger partial charge in [0.1, 0.15) is 0 Å². The molecule has 0 radical (unpaired) electrons. The van der Waals surface area contributed by atoms with E-state index in [9.17, 15) is 0 Å². The summed E-state index contributed by atoms with van der Waals surface area (Å²) in [5.74, 6) is 0.494. The van der Waals surface area contributed by atoms with Gasteiger partial charge in [0.05, 0.1) is 24.4 Å². The standard InChI is InChI=1S/C12H13ClN2O/c1-15(8-10-3-5-16-9-10)12-7-14-4-2-11(12)6-13/h2-5,7,9H,6,8H2,1H3. The van der Waals surface area contributed by atoms with E-state index < -0.39 is 0 Å². The minimum Gasteiger partial charge on any atom is -0.472 e. The lowest BCUT2D eigenvalue weighted by Gasteiger charge is -2.20. The molecule has 0 atom stereocenters. The van der Waals surface area contributed by atoms with Gasteiger partial charge in [-0.1, -0.05) is 0 Å². The molecule has 0 bridgehead atoms. The van der Waals surface area contributed by atoms with Gasteiger partial charge in [-0.25, -0.2) is 0 Å². The number of furan rings is 1. The van der Waals surface area contributed by atoms with E-state index in [0.29, 0.717) is 5.88 Å². The lowest BCUT2D eigenvalue weighted by molar-refractivity contribution is 0.563. The van der Waals surface area contributed by atoms with E-state index in [1.54, 1.807) is 18.7 Å². The molecule has 0 amide bonds. The first-order chi connectivity index (χ1) is 7.81. The highest BCUT2D eigenvalue weighted by molar-refractivity contribution is 6.17. The van der Waals surface area contributed by atoms with Crippen molar-refractivity contribution in [1.82, 2.24) is 4.98 Å². The Morgan fingerprint density at radius 2 is 2.31 bits per heavy atom. The molecule has 0 fully saturated rings. The van der Waals surface area contributed by atoms with E-state index in [0.717, 1.165) is 23.4 Å². The number of halogens is 1. The first kappa shape index (κ1) is 11.0. The predicted molar refractivity (Wildman–Crippen MR) is 64.6 cm³/mol. The van der Waals surface area contributed by atoms with Crippen molar-refractivity contribution in [3.63, 3.8) is 0 Å². The van der Waals surface area contributed by atoms with Crippen LogP contribution in [0, 0.1) is 0 Å². The second-order valence-corrected chi connectivity index (χ2v) is 3.89. The zero-order valence-corrected chi connectivity index (χ0v) is 9.81.